The molecular weight excluding hydrogens is 272 g/mol. The fraction of sp³-hybridized carbons (Fsp3) is 0.385. The van der Waals surface area contributed by atoms with Crippen molar-refractivity contribution < 1.29 is 27.8 Å². The van der Waals surface area contributed by atoms with Gasteiger partial charge in [-0.05, 0) is 12.5 Å². The summed E-state index contributed by atoms with van der Waals surface area (Å²) in [6, 6.07) is 1.29. The molecule has 1 aromatic carbocycles. The van der Waals surface area contributed by atoms with E-state index in [-0.39, 0.29) is 12.3 Å². The first-order chi connectivity index (χ1) is 9.45. The topological polar surface area (TPSA) is 78.6 Å². The van der Waals surface area contributed by atoms with Crippen molar-refractivity contribution in [2.75, 3.05) is 18.9 Å². The van der Waals surface area contributed by atoms with Gasteiger partial charge in [0.1, 0.15) is 11.6 Å². The Balaban J connectivity index is 2.55. The van der Waals surface area contributed by atoms with Crippen molar-refractivity contribution in [3.8, 4) is 0 Å². The van der Waals surface area contributed by atoms with Gasteiger partial charge in [0.2, 0.25) is 0 Å². The predicted molar refractivity (Wildman–Crippen MR) is 66.9 cm³/mol. The predicted octanol–water partition coefficient (Wildman–Crippen LogP) is 2.05. The number of benzene rings is 1. The average Bonchev–Trinajstić information content (AvgIpc) is 2.40. The number of carbonyl (C=O) groups excluding carboxylic acids is 2. The quantitative estimate of drug-likeness (QED) is 0.492. The molecule has 0 atom stereocenters. The van der Waals surface area contributed by atoms with Gasteiger partial charge in [-0.2, -0.15) is 0 Å². The van der Waals surface area contributed by atoms with E-state index < -0.39 is 35.7 Å². The molecule has 0 bridgehead atoms. The number of hydrogen-bond donors (Lipinski definition) is 1. The Labute approximate surface area is 114 Å². The highest BCUT2D eigenvalue weighted by molar-refractivity contribution is 5.92. The molecule has 0 heterocycles. The number of rotatable bonds is 6. The van der Waals surface area contributed by atoms with Gasteiger partial charge in [-0.3, -0.25) is 0 Å². The number of anilines is 1. The lowest BCUT2D eigenvalue weighted by Gasteiger charge is -2.07. The standard InChI is InChI=1S/C13H15F2NO4/c1-2-3-4-19-12(17)7-20-13(18)8-5-11(16)10(15)6-9(8)14/h5-6H,2-4,7,16H2,1H3. The van der Waals surface area contributed by atoms with Gasteiger partial charge in [0.25, 0.3) is 0 Å². The van der Waals surface area contributed by atoms with Crippen LogP contribution in [0.15, 0.2) is 12.1 Å². The minimum atomic E-state index is -1.11. The Hall–Kier alpha value is -2.18. The zero-order valence-corrected chi connectivity index (χ0v) is 10.9. The van der Waals surface area contributed by atoms with Crippen LogP contribution in [0.25, 0.3) is 0 Å². The number of unbranched alkanes of at least 4 members (excludes halogenated alkanes) is 1. The Morgan fingerprint density at radius 3 is 2.55 bits per heavy atom. The van der Waals surface area contributed by atoms with Crippen LogP contribution < -0.4 is 5.73 Å². The molecule has 5 nitrogen and oxygen atoms in total. The van der Waals surface area contributed by atoms with Crippen LogP contribution in [0.5, 0.6) is 0 Å². The third-order valence-electron chi connectivity index (χ3n) is 2.39. The fourth-order valence-corrected chi connectivity index (χ4v) is 1.30. The molecule has 0 fully saturated rings. The minimum absolute atomic E-state index is 0.227. The number of nitrogens with two attached hydrogens (primary N) is 1. The number of halogens is 2. The van der Waals surface area contributed by atoms with Crippen LogP contribution in [0.3, 0.4) is 0 Å². The summed E-state index contributed by atoms with van der Waals surface area (Å²) < 4.78 is 35.6. The minimum Gasteiger partial charge on any atom is -0.463 e. The molecule has 0 radical (unpaired) electrons. The largest absolute Gasteiger partial charge is 0.463 e. The molecule has 0 aliphatic rings. The zero-order valence-electron chi connectivity index (χ0n) is 10.9. The maximum atomic E-state index is 13.3. The number of ether oxygens (including phenoxy) is 2. The third-order valence-corrected chi connectivity index (χ3v) is 2.39. The van der Waals surface area contributed by atoms with Crippen molar-refractivity contribution in [3.63, 3.8) is 0 Å². The van der Waals surface area contributed by atoms with E-state index in [0.29, 0.717) is 12.5 Å². The molecular formula is C13H15F2NO4. The Bertz CT molecular complexity index is 505. The van der Waals surface area contributed by atoms with Gasteiger partial charge in [0.15, 0.2) is 6.61 Å². The number of nitrogen functional groups attached to an aromatic ring is 1. The Morgan fingerprint density at radius 1 is 1.20 bits per heavy atom. The molecule has 1 rings (SSSR count). The van der Waals surface area contributed by atoms with Crippen LogP contribution in [0.1, 0.15) is 30.1 Å². The van der Waals surface area contributed by atoms with E-state index in [4.69, 9.17) is 10.5 Å². The number of carbonyl (C=O) groups is 2. The summed E-state index contributed by atoms with van der Waals surface area (Å²) in [5.74, 6) is -3.93. The second kappa shape index (κ2) is 7.42. The number of hydrogen-bond acceptors (Lipinski definition) is 5. The van der Waals surface area contributed by atoms with Gasteiger partial charge < -0.3 is 15.2 Å². The second-order valence-electron chi connectivity index (χ2n) is 4.00. The van der Waals surface area contributed by atoms with Crippen molar-refractivity contribution in [3.05, 3.63) is 29.3 Å². The van der Waals surface area contributed by atoms with E-state index in [2.05, 4.69) is 4.74 Å². The van der Waals surface area contributed by atoms with Crippen LogP contribution >= 0.6 is 0 Å². The summed E-state index contributed by atoms with van der Waals surface area (Å²) >= 11 is 0. The summed E-state index contributed by atoms with van der Waals surface area (Å²) in [7, 11) is 0. The van der Waals surface area contributed by atoms with Gasteiger partial charge in [0, 0.05) is 6.07 Å². The summed E-state index contributed by atoms with van der Waals surface area (Å²) in [4.78, 5) is 22.7. The molecule has 0 aliphatic heterocycles. The van der Waals surface area contributed by atoms with Crippen molar-refractivity contribution >= 4 is 17.6 Å². The van der Waals surface area contributed by atoms with Gasteiger partial charge in [-0.15, -0.1) is 0 Å². The molecule has 110 valence electrons. The molecule has 20 heavy (non-hydrogen) atoms. The normalized spacial score (nSPS) is 10.2. The van der Waals surface area contributed by atoms with Crippen LogP contribution in [0.4, 0.5) is 14.5 Å². The molecule has 2 N–H and O–H groups in total. The van der Waals surface area contributed by atoms with Crippen LogP contribution in [0.2, 0.25) is 0 Å². The van der Waals surface area contributed by atoms with Crippen molar-refractivity contribution in [2.24, 2.45) is 0 Å². The maximum Gasteiger partial charge on any atom is 0.344 e. The summed E-state index contributed by atoms with van der Waals surface area (Å²) in [6.45, 7) is 1.51. The van der Waals surface area contributed by atoms with Crippen molar-refractivity contribution in [1.29, 1.82) is 0 Å². The monoisotopic (exact) mass is 287 g/mol. The molecule has 0 saturated carbocycles. The lowest BCUT2D eigenvalue weighted by molar-refractivity contribution is -0.147. The second-order valence-corrected chi connectivity index (χ2v) is 4.00. The van der Waals surface area contributed by atoms with Crippen molar-refractivity contribution in [2.45, 2.75) is 19.8 Å². The highest BCUT2D eigenvalue weighted by atomic mass is 19.1. The SMILES string of the molecule is CCCCOC(=O)COC(=O)c1cc(N)c(F)cc1F. The van der Waals surface area contributed by atoms with E-state index in [1.54, 1.807) is 0 Å². The van der Waals surface area contributed by atoms with Gasteiger partial charge >= 0.3 is 11.9 Å². The molecule has 0 saturated heterocycles. The lowest BCUT2D eigenvalue weighted by atomic mass is 10.2. The smallest absolute Gasteiger partial charge is 0.344 e. The molecule has 0 amide bonds. The summed E-state index contributed by atoms with van der Waals surface area (Å²) in [6.07, 6.45) is 1.55. The highest BCUT2D eigenvalue weighted by Gasteiger charge is 2.17. The lowest BCUT2D eigenvalue weighted by Crippen LogP contribution is -2.18. The van der Waals surface area contributed by atoms with Crippen LogP contribution in [0, 0.1) is 11.6 Å². The van der Waals surface area contributed by atoms with Gasteiger partial charge in [0.05, 0.1) is 17.9 Å². The molecule has 0 unspecified atom stereocenters. The molecule has 0 spiro atoms. The van der Waals surface area contributed by atoms with E-state index in [1.807, 2.05) is 6.92 Å². The molecule has 1 aromatic rings. The van der Waals surface area contributed by atoms with Gasteiger partial charge in [-0.25, -0.2) is 18.4 Å². The Kier molecular flexibility index (Phi) is 5.89. The van der Waals surface area contributed by atoms with E-state index in [0.717, 1.165) is 12.5 Å². The van der Waals surface area contributed by atoms with Crippen LogP contribution in [-0.4, -0.2) is 25.2 Å². The first-order valence-electron chi connectivity index (χ1n) is 6.03. The van der Waals surface area contributed by atoms with Gasteiger partial charge in [-0.1, -0.05) is 13.3 Å². The molecule has 7 heteroatoms. The van der Waals surface area contributed by atoms with E-state index in [1.165, 1.54) is 0 Å². The third kappa shape index (κ3) is 4.49. The average molecular weight is 287 g/mol. The number of esters is 2. The first-order valence-corrected chi connectivity index (χ1v) is 6.03. The summed E-state index contributed by atoms with van der Waals surface area (Å²) in [5, 5.41) is 0. The molecule has 0 aromatic heterocycles. The highest BCUT2D eigenvalue weighted by Crippen LogP contribution is 2.17. The van der Waals surface area contributed by atoms with Crippen LogP contribution in [-0.2, 0) is 14.3 Å². The van der Waals surface area contributed by atoms with E-state index in [9.17, 15) is 18.4 Å². The van der Waals surface area contributed by atoms with E-state index >= 15 is 0 Å². The maximum absolute atomic E-state index is 13.3. The first kappa shape index (κ1) is 15.9. The summed E-state index contributed by atoms with van der Waals surface area (Å²) in [5.41, 5.74) is 4.30. The van der Waals surface area contributed by atoms with Crippen molar-refractivity contribution in [1.82, 2.24) is 0 Å². The molecule has 0 aliphatic carbocycles. The Morgan fingerprint density at radius 2 is 1.90 bits per heavy atom. The fourth-order valence-electron chi connectivity index (χ4n) is 1.30. The zero-order chi connectivity index (χ0) is 15.1.